The number of anilines is 2. The molecule has 0 bridgehead atoms. The number of benzene rings is 1. The lowest BCUT2D eigenvalue weighted by Crippen LogP contribution is -2.38. The first-order valence-electron chi connectivity index (χ1n) is 11.2. The molecule has 2 aliphatic rings. The second kappa shape index (κ2) is 9.39. The smallest absolute Gasteiger partial charge is 0.436 e. The molecule has 0 aliphatic carbocycles. The average Bonchev–Trinajstić information content (AvgIpc) is 3.19. The number of nitro groups is 1. The molecule has 2 aliphatic heterocycles. The van der Waals surface area contributed by atoms with Gasteiger partial charge in [-0.3, -0.25) is 14.9 Å². The van der Waals surface area contributed by atoms with Crippen LogP contribution < -0.4 is 15.5 Å². The van der Waals surface area contributed by atoms with Crippen molar-refractivity contribution in [1.82, 2.24) is 15.1 Å². The van der Waals surface area contributed by atoms with E-state index in [2.05, 4.69) is 15.7 Å². The number of nitro benzene ring substituents is 1. The quantitative estimate of drug-likeness (QED) is 0.495. The summed E-state index contributed by atoms with van der Waals surface area (Å²) in [7, 11) is 0. The predicted molar refractivity (Wildman–Crippen MR) is 123 cm³/mol. The molecule has 2 aromatic rings. The summed E-state index contributed by atoms with van der Waals surface area (Å²) in [6.45, 7) is 9.05. The Morgan fingerprint density at radius 3 is 2.74 bits per heavy atom. The number of fused-ring (bicyclic) bond motifs is 1. The van der Waals surface area contributed by atoms with Crippen molar-refractivity contribution in [2.24, 2.45) is 0 Å². The molecule has 0 radical (unpaired) electrons. The van der Waals surface area contributed by atoms with Crippen LogP contribution in [0.4, 0.5) is 22.0 Å². The molecule has 1 fully saturated rings. The minimum Gasteiger partial charge on any atom is -0.448 e. The number of nitrogens with one attached hydrogen (secondary N) is 2. The molecule has 1 amide bonds. The second-order valence-corrected chi connectivity index (χ2v) is 8.79. The molecule has 182 valence electrons. The van der Waals surface area contributed by atoms with Gasteiger partial charge in [0.2, 0.25) is 0 Å². The SMILES string of the molecule is CCOC(=O)n1nc2c(c1NC(=O)c1ccc(N3CCOCC3)cc1[N+](=O)[O-])CNCC2(C)C. The largest absolute Gasteiger partial charge is 0.448 e. The Morgan fingerprint density at radius 2 is 2.06 bits per heavy atom. The minimum atomic E-state index is -0.736. The number of rotatable bonds is 5. The summed E-state index contributed by atoms with van der Waals surface area (Å²) in [4.78, 5) is 39.0. The first-order valence-corrected chi connectivity index (χ1v) is 11.2. The topological polar surface area (TPSA) is 141 Å². The van der Waals surface area contributed by atoms with Gasteiger partial charge < -0.3 is 25.0 Å². The average molecular weight is 473 g/mol. The number of morpholine rings is 1. The van der Waals surface area contributed by atoms with Crippen molar-refractivity contribution in [2.75, 3.05) is 49.7 Å². The molecule has 0 saturated carbocycles. The highest BCUT2D eigenvalue weighted by Crippen LogP contribution is 2.34. The minimum absolute atomic E-state index is 0.115. The summed E-state index contributed by atoms with van der Waals surface area (Å²) in [5.41, 5.74) is 1.12. The fraction of sp³-hybridized carbons (Fsp3) is 0.500. The maximum atomic E-state index is 13.2. The Balaban J connectivity index is 1.70. The normalized spacial score (nSPS) is 17.1. The van der Waals surface area contributed by atoms with Gasteiger partial charge in [-0.25, -0.2) is 4.79 Å². The van der Waals surface area contributed by atoms with Gasteiger partial charge in [-0.2, -0.15) is 5.10 Å². The number of carbonyl (C=O) groups is 2. The fourth-order valence-electron chi connectivity index (χ4n) is 4.25. The van der Waals surface area contributed by atoms with Crippen molar-refractivity contribution in [1.29, 1.82) is 0 Å². The van der Waals surface area contributed by atoms with Crippen LogP contribution in [0.5, 0.6) is 0 Å². The molecule has 0 unspecified atom stereocenters. The highest BCUT2D eigenvalue weighted by molar-refractivity contribution is 6.08. The molecular formula is C22H28N6O6. The molecule has 3 heterocycles. The lowest BCUT2D eigenvalue weighted by molar-refractivity contribution is -0.385. The zero-order valence-electron chi connectivity index (χ0n) is 19.4. The molecule has 2 N–H and O–H groups in total. The van der Waals surface area contributed by atoms with Gasteiger partial charge in [0.1, 0.15) is 11.4 Å². The second-order valence-electron chi connectivity index (χ2n) is 8.79. The maximum absolute atomic E-state index is 13.2. The van der Waals surface area contributed by atoms with Crippen LogP contribution in [-0.2, 0) is 21.4 Å². The molecule has 1 aromatic carbocycles. The lowest BCUT2D eigenvalue weighted by atomic mass is 9.84. The highest BCUT2D eigenvalue weighted by atomic mass is 16.6. The van der Waals surface area contributed by atoms with E-state index in [1.54, 1.807) is 13.0 Å². The van der Waals surface area contributed by atoms with Crippen LogP contribution in [-0.4, -0.2) is 66.2 Å². The molecule has 1 aromatic heterocycles. The van der Waals surface area contributed by atoms with Crippen LogP contribution in [0.3, 0.4) is 0 Å². The van der Waals surface area contributed by atoms with Crippen molar-refractivity contribution < 1.29 is 24.0 Å². The monoisotopic (exact) mass is 472 g/mol. The molecule has 12 nitrogen and oxygen atoms in total. The summed E-state index contributed by atoms with van der Waals surface area (Å²) in [5, 5.41) is 22.2. The van der Waals surface area contributed by atoms with E-state index in [0.29, 0.717) is 56.3 Å². The number of ether oxygens (including phenoxy) is 2. The van der Waals surface area contributed by atoms with Gasteiger partial charge in [0, 0.05) is 48.9 Å². The Kier molecular flexibility index (Phi) is 6.53. The summed E-state index contributed by atoms with van der Waals surface area (Å²) in [6, 6.07) is 4.50. The predicted octanol–water partition coefficient (Wildman–Crippen LogP) is 2.27. The van der Waals surface area contributed by atoms with Crippen molar-refractivity contribution in [3.05, 3.63) is 45.1 Å². The Bertz CT molecular complexity index is 1120. The van der Waals surface area contributed by atoms with Crippen molar-refractivity contribution in [2.45, 2.75) is 32.7 Å². The van der Waals surface area contributed by atoms with Crippen LogP contribution in [0.25, 0.3) is 0 Å². The molecule has 4 rings (SSSR count). The van der Waals surface area contributed by atoms with Gasteiger partial charge >= 0.3 is 6.09 Å². The number of nitrogens with zero attached hydrogens (tertiary/aromatic N) is 4. The molecular weight excluding hydrogens is 444 g/mol. The number of aromatic nitrogens is 2. The van der Waals surface area contributed by atoms with E-state index in [9.17, 15) is 19.7 Å². The summed E-state index contributed by atoms with van der Waals surface area (Å²) < 4.78 is 11.5. The molecule has 0 atom stereocenters. The Labute approximate surface area is 196 Å². The van der Waals surface area contributed by atoms with E-state index in [-0.39, 0.29) is 23.7 Å². The molecule has 34 heavy (non-hydrogen) atoms. The van der Waals surface area contributed by atoms with Gasteiger partial charge in [0.05, 0.1) is 30.4 Å². The molecule has 0 spiro atoms. The zero-order chi connectivity index (χ0) is 24.5. The van der Waals surface area contributed by atoms with E-state index in [1.165, 1.54) is 12.1 Å². The summed E-state index contributed by atoms with van der Waals surface area (Å²) in [5.74, 6) is -0.567. The third kappa shape index (κ3) is 4.46. The van der Waals surface area contributed by atoms with Gasteiger partial charge in [0.15, 0.2) is 0 Å². The van der Waals surface area contributed by atoms with Gasteiger partial charge in [0.25, 0.3) is 11.6 Å². The Hall–Kier alpha value is -3.51. The molecule has 12 heteroatoms. The van der Waals surface area contributed by atoms with E-state index in [0.717, 1.165) is 4.68 Å². The third-order valence-corrected chi connectivity index (χ3v) is 5.96. The maximum Gasteiger partial charge on any atom is 0.436 e. The zero-order valence-corrected chi connectivity index (χ0v) is 19.4. The number of carbonyl (C=O) groups excluding carboxylic acids is 2. The number of hydrogen-bond acceptors (Lipinski definition) is 9. The van der Waals surface area contributed by atoms with Gasteiger partial charge in [-0.05, 0) is 19.1 Å². The van der Waals surface area contributed by atoms with Crippen molar-refractivity contribution in [3.8, 4) is 0 Å². The van der Waals surface area contributed by atoms with Gasteiger partial charge in [-0.15, -0.1) is 4.68 Å². The standard InChI is InChI=1S/C22H28N6O6/c1-4-34-21(30)27-19(16-12-23-13-22(2,3)18(16)25-27)24-20(29)15-6-5-14(11-17(15)28(31)32)26-7-9-33-10-8-26/h5-6,11,23H,4,7-10,12-13H2,1-3H3,(H,24,29). The Morgan fingerprint density at radius 1 is 1.32 bits per heavy atom. The van der Waals surface area contributed by atoms with E-state index in [1.807, 2.05) is 18.7 Å². The third-order valence-electron chi connectivity index (χ3n) is 5.96. The lowest BCUT2D eigenvalue weighted by Gasteiger charge is -2.29. The van der Waals surface area contributed by atoms with Crippen LogP contribution >= 0.6 is 0 Å². The summed E-state index contributed by atoms with van der Waals surface area (Å²) in [6.07, 6.45) is -0.736. The van der Waals surface area contributed by atoms with Crippen LogP contribution in [0.15, 0.2) is 18.2 Å². The summed E-state index contributed by atoms with van der Waals surface area (Å²) >= 11 is 0. The first-order chi connectivity index (χ1) is 16.2. The number of hydrogen-bond donors (Lipinski definition) is 2. The van der Waals surface area contributed by atoms with E-state index < -0.39 is 22.3 Å². The highest BCUT2D eigenvalue weighted by Gasteiger charge is 2.36. The van der Waals surface area contributed by atoms with Crippen LogP contribution in [0.2, 0.25) is 0 Å². The molecule has 1 saturated heterocycles. The number of amides is 1. The van der Waals surface area contributed by atoms with Crippen molar-refractivity contribution >= 4 is 29.2 Å². The van der Waals surface area contributed by atoms with E-state index >= 15 is 0 Å². The first kappa shape index (κ1) is 23.6. The van der Waals surface area contributed by atoms with Crippen LogP contribution in [0.1, 0.15) is 42.4 Å². The fourth-order valence-corrected chi connectivity index (χ4v) is 4.25. The van der Waals surface area contributed by atoms with Crippen LogP contribution in [0, 0.1) is 10.1 Å². The van der Waals surface area contributed by atoms with Gasteiger partial charge in [-0.1, -0.05) is 13.8 Å². The van der Waals surface area contributed by atoms with Crippen molar-refractivity contribution in [3.63, 3.8) is 0 Å². The van der Waals surface area contributed by atoms with E-state index in [4.69, 9.17) is 9.47 Å².